The van der Waals surface area contributed by atoms with Crippen molar-refractivity contribution in [1.29, 1.82) is 5.26 Å². The third-order valence-corrected chi connectivity index (χ3v) is 4.30. The largest absolute Gasteiger partial charge is 0.490 e. The summed E-state index contributed by atoms with van der Waals surface area (Å²) in [4.78, 5) is 23.5. The Morgan fingerprint density at radius 2 is 2.03 bits per heavy atom. The molecule has 0 unspecified atom stereocenters. The average Bonchev–Trinajstić information content (AvgIpc) is 3.20. The van der Waals surface area contributed by atoms with Crippen LogP contribution in [0.1, 0.15) is 22.3 Å². The van der Waals surface area contributed by atoms with Crippen LogP contribution in [0.2, 0.25) is 0 Å². The first-order valence-corrected chi connectivity index (χ1v) is 9.01. The summed E-state index contributed by atoms with van der Waals surface area (Å²) < 4.78 is 11.9. The average molecular weight is 406 g/mol. The highest BCUT2D eigenvalue weighted by Crippen LogP contribution is 2.33. The molecule has 0 saturated carbocycles. The van der Waals surface area contributed by atoms with Gasteiger partial charge in [-0.1, -0.05) is 30.3 Å². The first kappa shape index (κ1) is 20.5. The first-order valence-electron chi connectivity index (χ1n) is 9.01. The Labute approximate surface area is 172 Å². The van der Waals surface area contributed by atoms with Crippen molar-refractivity contribution in [3.8, 4) is 23.1 Å². The van der Waals surface area contributed by atoms with Crippen LogP contribution in [0.3, 0.4) is 0 Å². The lowest BCUT2D eigenvalue weighted by atomic mass is 10.1. The van der Waals surface area contributed by atoms with Crippen LogP contribution in [-0.2, 0) is 17.9 Å². The number of aryl methyl sites for hydroxylation is 1. The molecule has 152 valence electrons. The van der Waals surface area contributed by atoms with E-state index in [9.17, 15) is 14.9 Å². The van der Waals surface area contributed by atoms with E-state index < -0.39 is 10.9 Å². The predicted molar refractivity (Wildman–Crippen MR) is 107 cm³/mol. The minimum absolute atomic E-state index is 0.0747. The third-order valence-electron chi connectivity index (χ3n) is 4.30. The molecule has 0 saturated heterocycles. The lowest BCUT2D eigenvalue weighted by Crippen LogP contribution is -2.06. The molecular formula is C21H18N4O5. The minimum Gasteiger partial charge on any atom is -0.490 e. The molecule has 0 radical (unpaired) electrons. The normalized spacial score (nSPS) is 10.3. The van der Waals surface area contributed by atoms with E-state index in [1.165, 1.54) is 30.1 Å². The zero-order chi connectivity index (χ0) is 21.5. The van der Waals surface area contributed by atoms with Crippen LogP contribution in [0.15, 0.2) is 54.7 Å². The Hall–Kier alpha value is -4.19. The number of rotatable bonds is 8. The molecule has 0 aliphatic carbocycles. The van der Waals surface area contributed by atoms with Crippen LogP contribution in [0.5, 0.6) is 5.75 Å². The van der Waals surface area contributed by atoms with Gasteiger partial charge in [-0.05, 0) is 17.7 Å². The first-order chi connectivity index (χ1) is 14.5. The van der Waals surface area contributed by atoms with Crippen LogP contribution in [-0.4, -0.2) is 27.8 Å². The van der Waals surface area contributed by atoms with E-state index in [1.807, 2.05) is 36.4 Å². The molecule has 30 heavy (non-hydrogen) atoms. The zero-order valence-electron chi connectivity index (χ0n) is 16.1. The van der Waals surface area contributed by atoms with Gasteiger partial charge in [0.25, 0.3) is 0 Å². The number of nitriles is 1. The Kier molecular flexibility index (Phi) is 6.39. The number of esters is 1. The van der Waals surface area contributed by atoms with E-state index in [1.54, 1.807) is 6.07 Å². The second-order valence-electron chi connectivity index (χ2n) is 6.27. The molecule has 1 aromatic heterocycles. The smallest absolute Gasteiger partial charge is 0.342 e. The standard InChI is InChI=1S/C21H18N4O5/c1-29-19-9-8-16(12-18(19)25(27)28)20-17(13-24(23-20)11-5-10-22)21(26)30-14-15-6-3-2-4-7-15/h2-4,6-9,12-13H,5,11,14H2,1H3. The van der Waals surface area contributed by atoms with Crippen molar-refractivity contribution in [2.45, 2.75) is 19.6 Å². The third kappa shape index (κ3) is 4.62. The van der Waals surface area contributed by atoms with E-state index in [-0.39, 0.29) is 42.3 Å². The van der Waals surface area contributed by atoms with Crippen molar-refractivity contribution in [3.63, 3.8) is 0 Å². The molecule has 0 atom stereocenters. The highest BCUT2D eigenvalue weighted by molar-refractivity contribution is 5.96. The summed E-state index contributed by atoms with van der Waals surface area (Å²) in [5.41, 5.74) is 1.33. The van der Waals surface area contributed by atoms with E-state index in [4.69, 9.17) is 14.7 Å². The number of methoxy groups -OCH3 is 1. The lowest BCUT2D eigenvalue weighted by Gasteiger charge is -2.06. The van der Waals surface area contributed by atoms with Crippen molar-refractivity contribution < 1.29 is 19.2 Å². The number of hydrogen-bond donors (Lipinski definition) is 0. The predicted octanol–water partition coefficient (Wildman–Crippen LogP) is 3.74. The monoisotopic (exact) mass is 406 g/mol. The molecule has 9 nitrogen and oxygen atoms in total. The van der Waals surface area contributed by atoms with Gasteiger partial charge in [0.05, 0.1) is 31.1 Å². The zero-order valence-corrected chi connectivity index (χ0v) is 16.1. The second kappa shape index (κ2) is 9.34. The van der Waals surface area contributed by atoms with Gasteiger partial charge in [0.2, 0.25) is 0 Å². The van der Waals surface area contributed by atoms with Crippen LogP contribution in [0.4, 0.5) is 5.69 Å². The van der Waals surface area contributed by atoms with Gasteiger partial charge in [0.1, 0.15) is 17.9 Å². The number of ether oxygens (including phenoxy) is 2. The molecule has 0 spiro atoms. The molecule has 0 bridgehead atoms. The minimum atomic E-state index is -0.615. The molecule has 3 aromatic rings. The van der Waals surface area contributed by atoms with Gasteiger partial charge < -0.3 is 9.47 Å². The summed E-state index contributed by atoms with van der Waals surface area (Å²) in [6.07, 6.45) is 1.68. The van der Waals surface area contributed by atoms with Crippen molar-refractivity contribution in [1.82, 2.24) is 9.78 Å². The van der Waals surface area contributed by atoms with Crippen molar-refractivity contribution in [3.05, 3.63) is 76.0 Å². The van der Waals surface area contributed by atoms with Crippen LogP contribution < -0.4 is 4.74 Å². The molecular weight excluding hydrogens is 388 g/mol. The van der Waals surface area contributed by atoms with Crippen molar-refractivity contribution in [2.24, 2.45) is 0 Å². The Balaban J connectivity index is 1.96. The van der Waals surface area contributed by atoms with E-state index in [2.05, 4.69) is 5.10 Å². The van der Waals surface area contributed by atoms with Gasteiger partial charge in [0, 0.05) is 17.8 Å². The fourth-order valence-electron chi connectivity index (χ4n) is 2.84. The molecule has 9 heteroatoms. The summed E-state index contributed by atoms with van der Waals surface area (Å²) in [6.45, 7) is 0.346. The van der Waals surface area contributed by atoms with Gasteiger partial charge in [-0.2, -0.15) is 10.4 Å². The number of nitro groups is 1. The highest BCUT2D eigenvalue weighted by Gasteiger charge is 2.23. The van der Waals surface area contributed by atoms with Crippen molar-refractivity contribution in [2.75, 3.05) is 7.11 Å². The highest BCUT2D eigenvalue weighted by atomic mass is 16.6. The molecule has 1 heterocycles. The molecule has 0 fully saturated rings. The number of benzene rings is 2. The molecule has 0 amide bonds. The van der Waals surface area contributed by atoms with Crippen molar-refractivity contribution >= 4 is 11.7 Å². The number of nitro benzene ring substituents is 1. The number of nitrogens with zero attached hydrogens (tertiary/aromatic N) is 4. The number of carbonyl (C=O) groups is 1. The van der Waals surface area contributed by atoms with E-state index >= 15 is 0 Å². The maximum atomic E-state index is 12.7. The van der Waals surface area contributed by atoms with Crippen LogP contribution in [0.25, 0.3) is 11.3 Å². The van der Waals surface area contributed by atoms with Crippen LogP contribution in [0, 0.1) is 21.4 Å². The van der Waals surface area contributed by atoms with Gasteiger partial charge in [-0.3, -0.25) is 14.8 Å². The molecule has 3 rings (SSSR count). The maximum Gasteiger partial charge on any atom is 0.342 e. The fraction of sp³-hybridized carbons (Fsp3) is 0.190. The van der Waals surface area contributed by atoms with Gasteiger partial charge in [-0.25, -0.2) is 4.79 Å². The van der Waals surface area contributed by atoms with E-state index in [0.29, 0.717) is 5.56 Å². The van der Waals surface area contributed by atoms with Gasteiger partial charge >= 0.3 is 11.7 Å². The lowest BCUT2D eigenvalue weighted by molar-refractivity contribution is -0.385. The quantitative estimate of drug-likeness (QED) is 0.317. The Morgan fingerprint density at radius 3 is 2.70 bits per heavy atom. The Morgan fingerprint density at radius 1 is 1.27 bits per heavy atom. The number of hydrogen-bond acceptors (Lipinski definition) is 7. The second-order valence-corrected chi connectivity index (χ2v) is 6.27. The summed E-state index contributed by atoms with van der Waals surface area (Å²) in [5.74, 6) is -0.517. The summed E-state index contributed by atoms with van der Waals surface area (Å²) >= 11 is 0. The topological polar surface area (TPSA) is 120 Å². The number of aromatic nitrogens is 2. The molecule has 0 N–H and O–H groups in total. The summed E-state index contributed by atoms with van der Waals surface area (Å²) in [6, 6.07) is 15.5. The van der Waals surface area contributed by atoms with E-state index in [0.717, 1.165) is 5.56 Å². The molecule has 0 aliphatic heterocycles. The maximum absolute atomic E-state index is 12.7. The van der Waals surface area contributed by atoms with Gasteiger partial charge in [0.15, 0.2) is 5.75 Å². The molecule has 2 aromatic carbocycles. The van der Waals surface area contributed by atoms with Crippen LogP contribution >= 0.6 is 0 Å². The summed E-state index contributed by atoms with van der Waals surface area (Å²) in [5, 5.41) is 24.5. The van der Waals surface area contributed by atoms with Gasteiger partial charge in [-0.15, -0.1) is 0 Å². The number of carbonyl (C=O) groups excluding carboxylic acids is 1. The molecule has 0 aliphatic rings. The fourth-order valence-corrected chi connectivity index (χ4v) is 2.84. The summed E-state index contributed by atoms with van der Waals surface area (Å²) in [7, 11) is 1.34. The SMILES string of the molecule is COc1ccc(-c2nn(CCC#N)cc2C(=O)OCc2ccccc2)cc1[N+](=O)[O-]. The Bertz CT molecular complexity index is 1100.